The minimum absolute atomic E-state index is 0.104. The molecule has 1 aromatic rings. The number of carboxylic acids is 1. The molecule has 0 amide bonds. The molecule has 0 aromatic heterocycles. The zero-order valence-corrected chi connectivity index (χ0v) is 9.16. The third-order valence-corrected chi connectivity index (χ3v) is 2.27. The molecule has 0 heterocycles. The molecular formula is C11H14FNO3. The van der Waals surface area contributed by atoms with E-state index in [1.54, 1.807) is 13.0 Å². The van der Waals surface area contributed by atoms with Crippen molar-refractivity contribution in [2.24, 2.45) is 5.73 Å². The largest absolute Gasteiger partial charge is 0.494 e. The fourth-order valence-electron chi connectivity index (χ4n) is 1.42. The molecule has 0 aliphatic heterocycles. The van der Waals surface area contributed by atoms with Crippen molar-refractivity contribution in [2.75, 3.05) is 7.11 Å². The lowest BCUT2D eigenvalue weighted by molar-refractivity contribution is -0.138. The molecule has 0 saturated heterocycles. The van der Waals surface area contributed by atoms with Gasteiger partial charge in [0, 0.05) is 0 Å². The Morgan fingerprint density at radius 2 is 2.25 bits per heavy atom. The number of carboxylic acid groups (broad SMARTS) is 1. The second-order valence-electron chi connectivity index (χ2n) is 3.58. The molecule has 1 aromatic carbocycles. The molecule has 0 fully saturated rings. The van der Waals surface area contributed by atoms with Crippen molar-refractivity contribution in [3.8, 4) is 5.75 Å². The van der Waals surface area contributed by atoms with Crippen LogP contribution in [0.25, 0.3) is 0 Å². The number of nitrogens with two attached hydrogens (primary N) is 1. The molecule has 0 aliphatic rings. The van der Waals surface area contributed by atoms with Crippen LogP contribution >= 0.6 is 0 Å². The minimum atomic E-state index is -1.08. The van der Waals surface area contributed by atoms with Crippen molar-refractivity contribution >= 4 is 5.97 Å². The van der Waals surface area contributed by atoms with Crippen LogP contribution in [0.4, 0.5) is 4.39 Å². The van der Waals surface area contributed by atoms with Crippen LogP contribution in [-0.2, 0) is 11.2 Å². The lowest BCUT2D eigenvalue weighted by Gasteiger charge is -2.10. The Hall–Kier alpha value is -1.62. The third-order valence-electron chi connectivity index (χ3n) is 2.27. The summed E-state index contributed by atoms with van der Waals surface area (Å²) in [7, 11) is 1.36. The number of methoxy groups -OCH3 is 1. The molecule has 0 bridgehead atoms. The van der Waals surface area contributed by atoms with E-state index < -0.39 is 17.8 Å². The number of hydrogen-bond acceptors (Lipinski definition) is 3. The Labute approximate surface area is 92.8 Å². The quantitative estimate of drug-likeness (QED) is 0.807. The normalized spacial score (nSPS) is 12.2. The van der Waals surface area contributed by atoms with Gasteiger partial charge in [-0.3, -0.25) is 4.79 Å². The highest BCUT2D eigenvalue weighted by atomic mass is 19.1. The molecular weight excluding hydrogens is 213 g/mol. The van der Waals surface area contributed by atoms with Crippen LogP contribution < -0.4 is 10.5 Å². The standard InChI is InChI=1S/C11H14FNO3/c1-6-3-7(4-8(13)11(14)15)5-9(16-2)10(6)12/h3,5,8H,4,13H2,1-2H3,(H,14,15). The molecule has 1 unspecified atom stereocenters. The molecule has 0 saturated carbocycles. The molecule has 0 spiro atoms. The molecule has 4 nitrogen and oxygen atoms in total. The number of benzene rings is 1. The zero-order valence-electron chi connectivity index (χ0n) is 9.16. The predicted octanol–water partition coefficient (Wildman–Crippen LogP) is 1.10. The van der Waals surface area contributed by atoms with Crippen molar-refractivity contribution in [3.63, 3.8) is 0 Å². The maximum atomic E-state index is 13.4. The fraction of sp³-hybridized carbons (Fsp3) is 0.364. The van der Waals surface area contributed by atoms with Crippen LogP contribution in [0.1, 0.15) is 11.1 Å². The van der Waals surface area contributed by atoms with E-state index in [1.807, 2.05) is 0 Å². The smallest absolute Gasteiger partial charge is 0.320 e. The molecule has 16 heavy (non-hydrogen) atoms. The topological polar surface area (TPSA) is 72.5 Å². The van der Waals surface area contributed by atoms with Crippen LogP contribution in [0, 0.1) is 12.7 Å². The van der Waals surface area contributed by atoms with E-state index in [0.29, 0.717) is 11.1 Å². The lowest BCUT2D eigenvalue weighted by Crippen LogP contribution is -2.32. The first-order valence-corrected chi connectivity index (χ1v) is 4.77. The van der Waals surface area contributed by atoms with E-state index in [9.17, 15) is 9.18 Å². The summed E-state index contributed by atoms with van der Waals surface area (Å²) in [6.45, 7) is 1.59. The van der Waals surface area contributed by atoms with Crippen molar-refractivity contribution in [1.29, 1.82) is 0 Å². The molecule has 1 atom stereocenters. The Kier molecular flexibility index (Phi) is 3.84. The van der Waals surface area contributed by atoms with E-state index >= 15 is 0 Å². The maximum absolute atomic E-state index is 13.4. The maximum Gasteiger partial charge on any atom is 0.320 e. The summed E-state index contributed by atoms with van der Waals surface area (Å²) in [4.78, 5) is 10.6. The van der Waals surface area contributed by atoms with Crippen molar-refractivity contribution in [3.05, 3.63) is 29.1 Å². The predicted molar refractivity (Wildman–Crippen MR) is 57.0 cm³/mol. The van der Waals surface area contributed by atoms with Gasteiger partial charge in [0.05, 0.1) is 7.11 Å². The minimum Gasteiger partial charge on any atom is -0.494 e. The van der Waals surface area contributed by atoms with Gasteiger partial charge in [-0.1, -0.05) is 6.07 Å². The highest BCUT2D eigenvalue weighted by molar-refractivity contribution is 5.73. The van der Waals surface area contributed by atoms with Crippen LogP contribution in [0.3, 0.4) is 0 Å². The zero-order chi connectivity index (χ0) is 12.3. The number of carbonyl (C=O) groups is 1. The number of aliphatic carboxylic acids is 1. The van der Waals surface area contributed by atoms with Crippen molar-refractivity contribution in [2.45, 2.75) is 19.4 Å². The molecule has 3 N–H and O–H groups in total. The average molecular weight is 227 g/mol. The van der Waals surface area contributed by atoms with Gasteiger partial charge < -0.3 is 15.6 Å². The monoisotopic (exact) mass is 227 g/mol. The van der Waals surface area contributed by atoms with Crippen LogP contribution in [-0.4, -0.2) is 24.2 Å². The fourth-order valence-corrected chi connectivity index (χ4v) is 1.42. The second kappa shape index (κ2) is 4.94. The molecule has 1 rings (SSSR count). The Balaban J connectivity index is 2.98. The first-order valence-electron chi connectivity index (χ1n) is 4.77. The number of hydrogen-bond donors (Lipinski definition) is 2. The summed E-state index contributed by atoms with van der Waals surface area (Å²) < 4.78 is 18.3. The van der Waals surface area contributed by atoms with Crippen molar-refractivity contribution in [1.82, 2.24) is 0 Å². The van der Waals surface area contributed by atoms with E-state index in [-0.39, 0.29) is 12.2 Å². The van der Waals surface area contributed by atoms with Gasteiger partial charge in [0.1, 0.15) is 6.04 Å². The third kappa shape index (κ3) is 2.70. The first-order chi connectivity index (χ1) is 7.45. The molecule has 0 radical (unpaired) electrons. The molecule has 0 aliphatic carbocycles. The number of ether oxygens (including phenoxy) is 1. The van der Waals surface area contributed by atoms with Gasteiger partial charge in [-0.2, -0.15) is 0 Å². The summed E-state index contributed by atoms with van der Waals surface area (Å²) >= 11 is 0. The van der Waals surface area contributed by atoms with E-state index in [2.05, 4.69) is 0 Å². The highest BCUT2D eigenvalue weighted by Gasteiger charge is 2.15. The SMILES string of the molecule is COc1cc(CC(N)C(=O)O)cc(C)c1F. The van der Waals surface area contributed by atoms with Gasteiger partial charge in [0.2, 0.25) is 0 Å². The number of aryl methyl sites for hydroxylation is 1. The lowest BCUT2D eigenvalue weighted by atomic mass is 10.0. The van der Waals surface area contributed by atoms with Crippen LogP contribution in [0.5, 0.6) is 5.75 Å². The van der Waals surface area contributed by atoms with E-state index in [4.69, 9.17) is 15.6 Å². The van der Waals surface area contributed by atoms with Gasteiger partial charge >= 0.3 is 5.97 Å². The average Bonchev–Trinajstić information content (AvgIpc) is 2.22. The highest BCUT2D eigenvalue weighted by Crippen LogP contribution is 2.22. The summed E-state index contributed by atoms with van der Waals surface area (Å²) in [6, 6.07) is 2.04. The summed E-state index contributed by atoms with van der Waals surface area (Å²) in [5.41, 5.74) is 6.45. The Morgan fingerprint density at radius 3 is 2.75 bits per heavy atom. The van der Waals surface area contributed by atoms with Crippen LogP contribution in [0.2, 0.25) is 0 Å². The number of halogens is 1. The Bertz CT molecular complexity index is 406. The number of rotatable bonds is 4. The van der Waals surface area contributed by atoms with Gasteiger partial charge in [0.25, 0.3) is 0 Å². The van der Waals surface area contributed by atoms with Gasteiger partial charge in [-0.05, 0) is 30.5 Å². The summed E-state index contributed by atoms with van der Waals surface area (Å²) in [6.07, 6.45) is 0.146. The molecule has 88 valence electrons. The second-order valence-corrected chi connectivity index (χ2v) is 3.58. The first kappa shape index (κ1) is 12.4. The van der Waals surface area contributed by atoms with Gasteiger partial charge in [-0.25, -0.2) is 4.39 Å². The summed E-state index contributed by atoms with van der Waals surface area (Å²) in [5, 5.41) is 8.66. The van der Waals surface area contributed by atoms with Gasteiger partial charge in [-0.15, -0.1) is 0 Å². The molecule has 5 heteroatoms. The van der Waals surface area contributed by atoms with Gasteiger partial charge in [0.15, 0.2) is 11.6 Å². The van der Waals surface area contributed by atoms with E-state index in [1.165, 1.54) is 13.2 Å². The van der Waals surface area contributed by atoms with Crippen LogP contribution in [0.15, 0.2) is 12.1 Å². The van der Waals surface area contributed by atoms with E-state index in [0.717, 1.165) is 0 Å². The summed E-state index contributed by atoms with van der Waals surface area (Å²) in [5.74, 6) is -1.41. The van der Waals surface area contributed by atoms with Crippen molar-refractivity contribution < 1.29 is 19.0 Å². The Morgan fingerprint density at radius 1 is 1.62 bits per heavy atom.